The number of nitrogens with zero attached hydrogens (tertiary/aromatic N) is 1. The minimum atomic E-state index is -0.421. The van der Waals surface area contributed by atoms with E-state index in [1.807, 2.05) is 0 Å². The summed E-state index contributed by atoms with van der Waals surface area (Å²) < 4.78 is 6.14. The molecule has 0 bridgehead atoms. The number of carbonyl (C=O) groups is 2. The third kappa shape index (κ3) is 4.44. The Hall–Kier alpha value is -2.12. The Bertz CT molecular complexity index is 678. The monoisotopic (exact) mass is 327 g/mol. The average molecular weight is 328 g/mol. The Balaban J connectivity index is 0.00000220. The second-order valence-electron chi connectivity index (χ2n) is 3.95. The number of halogens is 1. The van der Waals surface area contributed by atoms with Crippen molar-refractivity contribution in [2.45, 2.75) is 6.54 Å². The highest BCUT2D eigenvalue weighted by atomic mass is 35.5. The SMILES string of the molecule is COC(=O)c1ccc(NC(=O)Cn2ccsc2=N)cc1.Cl. The third-order valence-electron chi connectivity index (χ3n) is 2.59. The fourth-order valence-electron chi connectivity index (χ4n) is 1.59. The molecule has 0 saturated heterocycles. The van der Waals surface area contributed by atoms with Crippen molar-refractivity contribution >= 4 is 41.3 Å². The van der Waals surface area contributed by atoms with Gasteiger partial charge in [-0.1, -0.05) is 0 Å². The highest BCUT2D eigenvalue weighted by Crippen LogP contribution is 2.10. The highest BCUT2D eigenvalue weighted by Gasteiger charge is 2.07. The second kappa shape index (κ2) is 7.61. The molecule has 2 aromatic rings. The van der Waals surface area contributed by atoms with E-state index in [0.29, 0.717) is 16.1 Å². The second-order valence-corrected chi connectivity index (χ2v) is 4.85. The normalized spacial score (nSPS) is 9.57. The zero-order chi connectivity index (χ0) is 14.5. The van der Waals surface area contributed by atoms with Crippen LogP contribution in [0.2, 0.25) is 0 Å². The number of nitrogens with one attached hydrogen (secondary N) is 2. The predicted octanol–water partition coefficient (Wildman–Crippen LogP) is 1.88. The van der Waals surface area contributed by atoms with Gasteiger partial charge in [0.25, 0.3) is 0 Å². The molecule has 1 aromatic heterocycles. The van der Waals surface area contributed by atoms with Crippen LogP contribution in [-0.2, 0) is 16.1 Å². The average Bonchev–Trinajstić information content (AvgIpc) is 2.84. The highest BCUT2D eigenvalue weighted by molar-refractivity contribution is 7.06. The molecular formula is C13H14ClN3O3S. The van der Waals surface area contributed by atoms with Gasteiger partial charge in [-0.15, -0.1) is 23.7 Å². The zero-order valence-corrected chi connectivity index (χ0v) is 12.8. The maximum atomic E-state index is 11.8. The first-order valence-corrected chi connectivity index (χ1v) is 6.65. The lowest BCUT2D eigenvalue weighted by Crippen LogP contribution is -2.23. The standard InChI is InChI=1S/C13H13N3O3S.ClH/c1-19-12(18)9-2-4-10(5-3-9)15-11(17)8-16-6-7-20-13(16)14;/h2-7,14H,8H2,1H3,(H,15,17);1H. The maximum Gasteiger partial charge on any atom is 0.337 e. The predicted molar refractivity (Wildman–Crippen MR) is 81.8 cm³/mol. The van der Waals surface area contributed by atoms with Crippen LogP contribution in [0.3, 0.4) is 0 Å². The molecule has 0 fully saturated rings. The molecule has 2 rings (SSSR count). The topological polar surface area (TPSA) is 84.2 Å². The van der Waals surface area contributed by atoms with Gasteiger partial charge in [-0.3, -0.25) is 10.2 Å². The van der Waals surface area contributed by atoms with Crippen molar-refractivity contribution in [3.63, 3.8) is 0 Å². The van der Waals surface area contributed by atoms with Gasteiger partial charge in [0, 0.05) is 17.3 Å². The molecule has 8 heteroatoms. The summed E-state index contributed by atoms with van der Waals surface area (Å²) in [5, 5.41) is 12.0. The molecular weight excluding hydrogens is 314 g/mol. The zero-order valence-electron chi connectivity index (χ0n) is 11.2. The van der Waals surface area contributed by atoms with Crippen LogP contribution < -0.4 is 10.1 Å². The Labute approximate surface area is 131 Å². The van der Waals surface area contributed by atoms with Crippen LogP contribution in [0.15, 0.2) is 35.8 Å². The van der Waals surface area contributed by atoms with E-state index in [9.17, 15) is 9.59 Å². The Morgan fingerprint density at radius 1 is 1.33 bits per heavy atom. The number of ether oxygens (including phenoxy) is 1. The van der Waals surface area contributed by atoms with Crippen molar-refractivity contribution in [3.8, 4) is 0 Å². The molecule has 2 N–H and O–H groups in total. The number of amides is 1. The van der Waals surface area contributed by atoms with Crippen LogP contribution in [0.25, 0.3) is 0 Å². The summed E-state index contributed by atoms with van der Waals surface area (Å²) in [5.74, 6) is -0.650. The van der Waals surface area contributed by atoms with Gasteiger partial charge in [-0.2, -0.15) is 0 Å². The molecule has 112 valence electrons. The number of benzene rings is 1. The lowest BCUT2D eigenvalue weighted by atomic mass is 10.2. The Morgan fingerprint density at radius 2 is 2.00 bits per heavy atom. The minimum absolute atomic E-state index is 0. The number of aromatic nitrogens is 1. The number of thiazole rings is 1. The molecule has 0 saturated carbocycles. The molecule has 21 heavy (non-hydrogen) atoms. The van der Waals surface area contributed by atoms with E-state index in [-0.39, 0.29) is 24.9 Å². The Kier molecular flexibility index (Phi) is 6.13. The largest absolute Gasteiger partial charge is 0.465 e. The number of anilines is 1. The molecule has 1 amide bonds. The van der Waals surface area contributed by atoms with E-state index in [1.54, 1.807) is 40.4 Å². The first kappa shape index (κ1) is 16.9. The van der Waals surface area contributed by atoms with Gasteiger partial charge in [0.15, 0.2) is 4.80 Å². The van der Waals surface area contributed by atoms with E-state index >= 15 is 0 Å². The van der Waals surface area contributed by atoms with Gasteiger partial charge < -0.3 is 14.6 Å². The van der Waals surface area contributed by atoms with E-state index in [0.717, 1.165) is 0 Å². The lowest BCUT2D eigenvalue weighted by Gasteiger charge is -2.06. The molecule has 1 heterocycles. The van der Waals surface area contributed by atoms with Crippen LogP contribution in [0.5, 0.6) is 0 Å². The number of rotatable bonds is 4. The van der Waals surface area contributed by atoms with Gasteiger partial charge in [0.05, 0.1) is 12.7 Å². The minimum Gasteiger partial charge on any atom is -0.465 e. The van der Waals surface area contributed by atoms with Crippen LogP contribution in [0.1, 0.15) is 10.4 Å². The van der Waals surface area contributed by atoms with Gasteiger partial charge in [-0.25, -0.2) is 4.79 Å². The van der Waals surface area contributed by atoms with Crippen LogP contribution in [0.4, 0.5) is 5.69 Å². The van der Waals surface area contributed by atoms with Gasteiger partial charge in [0.2, 0.25) is 5.91 Å². The summed E-state index contributed by atoms with van der Waals surface area (Å²) in [6.07, 6.45) is 1.69. The Morgan fingerprint density at radius 3 is 2.52 bits per heavy atom. The number of hydrogen-bond donors (Lipinski definition) is 2. The summed E-state index contributed by atoms with van der Waals surface area (Å²) in [6.45, 7) is 0.0844. The molecule has 0 aliphatic rings. The van der Waals surface area contributed by atoms with Gasteiger partial charge in [0.1, 0.15) is 6.54 Å². The van der Waals surface area contributed by atoms with Gasteiger partial charge in [-0.05, 0) is 24.3 Å². The molecule has 0 radical (unpaired) electrons. The molecule has 0 spiro atoms. The van der Waals surface area contributed by atoms with Crippen molar-refractivity contribution in [2.24, 2.45) is 0 Å². The smallest absolute Gasteiger partial charge is 0.337 e. The summed E-state index contributed by atoms with van der Waals surface area (Å²) in [6, 6.07) is 6.41. The van der Waals surface area contributed by atoms with E-state index < -0.39 is 5.97 Å². The number of esters is 1. The van der Waals surface area contributed by atoms with Crippen molar-refractivity contribution in [1.82, 2.24) is 4.57 Å². The first-order chi connectivity index (χ1) is 9.60. The van der Waals surface area contributed by atoms with Gasteiger partial charge >= 0.3 is 5.97 Å². The molecule has 1 aromatic carbocycles. The quantitative estimate of drug-likeness (QED) is 0.841. The first-order valence-electron chi connectivity index (χ1n) is 5.77. The maximum absolute atomic E-state index is 11.8. The number of hydrogen-bond acceptors (Lipinski definition) is 5. The lowest BCUT2D eigenvalue weighted by molar-refractivity contribution is -0.116. The molecule has 0 atom stereocenters. The fourth-order valence-corrected chi connectivity index (χ4v) is 2.19. The van der Waals surface area contributed by atoms with Crippen molar-refractivity contribution in [1.29, 1.82) is 5.41 Å². The fraction of sp³-hybridized carbons (Fsp3) is 0.154. The molecule has 0 aliphatic heterocycles. The molecule has 0 unspecified atom stereocenters. The molecule has 0 aliphatic carbocycles. The van der Waals surface area contributed by atoms with Crippen LogP contribution in [0, 0.1) is 5.41 Å². The van der Waals surface area contributed by atoms with E-state index in [1.165, 1.54) is 18.4 Å². The van der Waals surface area contributed by atoms with Crippen LogP contribution in [-0.4, -0.2) is 23.6 Å². The summed E-state index contributed by atoms with van der Waals surface area (Å²) in [7, 11) is 1.31. The number of carbonyl (C=O) groups excluding carboxylic acids is 2. The van der Waals surface area contributed by atoms with E-state index in [2.05, 4.69) is 10.1 Å². The van der Waals surface area contributed by atoms with Crippen molar-refractivity contribution < 1.29 is 14.3 Å². The van der Waals surface area contributed by atoms with Crippen LogP contribution >= 0.6 is 23.7 Å². The molecule has 6 nitrogen and oxygen atoms in total. The third-order valence-corrected chi connectivity index (χ3v) is 3.30. The summed E-state index contributed by atoms with van der Waals surface area (Å²) in [5.41, 5.74) is 1.01. The van der Waals surface area contributed by atoms with E-state index in [4.69, 9.17) is 5.41 Å². The van der Waals surface area contributed by atoms with Crippen molar-refractivity contribution in [2.75, 3.05) is 12.4 Å². The van der Waals surface area contributed by atoms with Crippen molar-refractivity contribution in [3.05, 3.63) is 46.2 Å². The summed E-state index contributed by atoms with van der Waals surface area (Å²) in [4.78, 5) is 23.4. The number of methoxy groups -OCH3 is 1. The summed E-state index contributed by atoms with van der Waals surface area (Å²) >= 11 is 1.26.